The van der Waals surface area contributed by atoms with Crippen molar-refractivity contribution < 1.29 is 4.74 Å². The molecular formula is C19H32N2O. The minimum atomic E-state index is -0.0592. The summed E-state index contributed by atoms with van der Waals surface area (Å²) in [5.74, 6) is 1.05. The number of hydrogen-bond donors (Lipinski definition) is 1. The molecule has 3 nitrogen and oxygen atoms in total. The Morgan fingerprint density at radius 2 is 2.00 bits per heavy atom. The number of rotatable bonds is 8. The molecule has 0 amide bonds. The van der Waals surface area contributed by atoms with Crippen LogP contribution >= 0.6 is 0 Å². The van der Waals surface area contributed by atoms with Crippen LogP contribution < -0.4 is 10.1 Å². The maximum Gasteiger partial charge on any atom is 0.125 e. The van der Waals surface area contributed by atoms with Gasteiger partial charge in [0.2, 0.25) is 0 Å². The Kier molecular flexibility index (Phi) is 5.74. The molecule has 1 aromatic carbocycles. The predicted molar refractivity (Wildman–Crippen MR) is 95.0 cm³/mol. The third-order valence-corrected chi connectivity index (χ3v) is 4.49. The number of fused-ring (bicyclic) bond motifs is 1. The second-order valence-electron chi connectivity index (χ2n) is 7.08. The highest BCUT2D eigenvalue weighted by atomic mass is 16.5. The van der Waals surface area contributed by atoms with Crippen molar-refractivity contribution in [3.05, 3.63) is 23.8 Å². The smallest absolute Gasteiger partial charge is 0.125 e. The predicted octanol–water partition coefficient (Wildman–Crippen LogP) is 4.32. The van der Waals surface area contributed by atoms with Gasteiger partial charge < -0.3 is 15.0 Å². The van der Waals surface area contributed by atoms with Gasteiger partial charge in [-0.2, -0.15) is 0 Å². The van der Waals surface area contributed by atoms with Crippen LogP contribution in [0.5, 0.6) is 5.75 Å². The number of ether oxygens (including phenoxy) is 1. The molecule has 124 valence electrons. The van der Waals surface area contributed by atoms with Crippen molar-refractivity contribution in [1.29, 1.82) is 0 Å². The molecule has 1 aliphatic rings. The lowest BCUT2D eigenvalue weighted by atomic mass is 10.0. The summed E-state index contributed by atoms with van der Waals surface area (Å²) >= 11 is 0. The number of nitrogens with one attached hydrogen (secondary N) is 1. The third kappa shape index (κ3) is 4.64. The minimum Gasteiger partial charge on any atom is -0.487 e. The molecule has 0 saturated heterocycles. The molecule has 0 aromatic heterocycles. The van der Waals surface area contributed by atoms with E-state index in [9.17, 15) is 0 Å². The fourth-order valence-corrected chi connectivity index (χ4v) is 3.20. The van der Waals surface area contributed by atoms with Crippen molar-refractivity contribution in [3.63, 3.8) is 0 Å². The van der Waals surface area contributed by atoms with E-state index in [1.54, 1.807) is 0 Å². The summed E-state index contributed by atoms with van der Waals surface area (Å²) < 4.78 is 6.01. The van der Waals surface area contributed by atoms with Gasteiger partial charge in [-0.05, 0) is 64.9 Å². The molecule has 1 heterocycles. The quantitative estimate of drug-likeness (QED) is 0.774. The lowest BCUT2D eigenvalue weighted by molar-refractivity contribution is 0.138. The van der Waals surface area contributed by atoms with Gasteiger partial charge in [0.05, 0.1) is 0 Å². The van der Waals surface area contributed by atoms with Crippen molar-refractivity contribution >= 4 is 5.69 Å². The van der Waals surface area contributed by atoms with Crippen molar-refractivity contribution in [2.24, 2.45) is 0 Å². The average Bonchev–Trinajstić information content (AvgIpc) is 2.76. The molecule has 3 heteroatoms. The Labute approximate surface area is 136 Å². The van der Waals surface area contributed by atoms with Gasteiger partial charge in [0.1, 0.15) is 11.4 Å². The molecule has 2 rings (SSSR count). The Balaban J connectivity index is 1.82. The van der Waals surface area contributed by atoms with E-state index >= 15 is 0 Å². The van der Waals surface area contributed by atoms with Gasteiger partial charge >= 0.3 is 0 Å². The second-order valence-corrected chi connectivity index (χ2v) is 7.08. The van der Waals surface area contributed by atoms with Gasteiger partial charge in [0, 0.05) is 24.2 Å². The van der Waals surface area contributed by atoms with Crippen LogP contribution in [-0.2, 0) is 6.42 Å². The molecule has 0 spiro atoms. The third-order valence-electron chi connectivity index (χ3n) is 4.49. The normalized spacial score (nSPS) is 17.2. The van der Waals surface area contributed by atoms with Crippen LogP contribution in [-0.4, -0.2) is 36.2 Å². The summed E-state index contributed by atoms with van der Waals surface area (Å²) in [6.45, 7) is 14.5. The maximum atomic E-state index is 6.01. The Hall–Kier alpha value is -1.22. The first-order chi connectivity index (χ1) is 10.4. The van der Waals surface area contributed by atoms with E-state index in [0.29, 0.717) is 6.04 Å². The highest BCUT2D eigenvalue weighted by molar-refractivity contribution is 5.54. The lowest BCUT2D eigenvalue weighted by Crippen LogP contribution is -2.25. The van der Waals surface area contributed by atoms with Crippen LogP contribution in [0.1, 0.15) is 53.0 Å². The summed E-state index contributed by atoms with van der Waals surface area (Å²) in [4.78, 5) is 2.48. The molecular weight excluding hydrogens is 272 g/mol. The van der Waals surface area contributed by atoms with Crippen LogP contribution in [0.25, 0.3) is 0 Å². The molecule has 0 radical (unpaired) electrons. The van der Waals surface area contributed by atoms with Gasteiger partial charge in [-0.1, -0.05) is 19.9 Å². The van der Waals surface area contributed by atoms with E-state index in [1.807, 2.05) is 0 Å². The summed E-state index contributed by atoms with van der Waals surface area (Å²) in [6.07, 6.45) is 3.44. The van der Waals surface area contributed by atoms with E-state index in [0.717, 1.165) is 25.3 Å². The fraction of sp³-hybridized carbons (Fsp3) is 0.684. The Morgan fingerprint density at radius 1 is 1.27 bits per heavy atom. The first-order valence-electron chi connectivity index (χ1n) is 8.74. The molecule has 1 atom stereocenters. The molecule has 1 aliphatic heterocycles. The molecule has 1 N–H and O–H groups in total. The number of benzene rings is 1. The Morgan fingerprint density at radius 3 is 2.68 bits per heavy atom. The maximum absolute atomic E-state index is 6.01. The first kappa shape index (κ1) is 17.1. The topological polar surface area (TPSA) is 24.5 Å². The van der Waals surface area contributed by atoms with Gasteiger partial charge in [-0.3, -0.25) is 0 Å². The molecule has 0 bridgehead atoms. The van der Waals surface area contributed by atoms with Gasteiger partial charge in [0.15, 0.2) is 0 Å². The van der Waals surface area contributed by atoms with Crippen LogP contribution in [0.3, 0.4) is 0 Å². The van der Waals surface area contributed by atoms with Crippen LogP contribution in [0.15, 0.2) is 18.2 Å². The summed E-state index contributed by atoms with van der Waals surface area (Å²) in [5.41, 5.74) is 2.44. The molecule has 22 heavy (non-hydrogen) atoms. The van der Waals surface area contributed by atoms with E-state index in [1.165, 1.54) is 30.6 Å². The SMILES string of the molecule is CCN(CC)CCC[C@H](C)Nc1ccc2c(c1)OC(C)(C)C2. The van der Waals surface area contributed by atoms with Crippen molar-refractivity contribution in [1.82, 2.24) is 4.90 Å². The zero-order chi connectivity index (χ0) is 16.2. The number of nitrogens with zero attached hydrogens (tertiary/aromatic N) is 1. The monoisotopic (exact) mass is 304 g/mol. The molecule has 0 unspecified atom stereocenters. The van der Waals surface area contributed by atoms with E-state index in [2.05, 4.69) is 63.0 Å². The van der Waals surface area contributed by atoms with Crippen molar-refractivity contribution in [2.45, 2.75) is 65.5 Å². The van der Waals surface area contributed by atoms with Crippen LogP contribution in [0, 0.1) is 0 Å². The zero-order valence-corrected chi connectivity index (χ0v) is 14.9. The molecule has 0 saturated carbocycles. The largest absolute Gasteiger partial charge is 0.487 e. The number of hydrogen-bond acceptors (Lipinski definition) is 3. The van der Waals surface area contributed by atoms with Gasteiger partial charge in [-0.15, -0.1) is 0 Å². The average molecular weight is 304 g/mol. The van der Waals surface area contributed by atoms with E-state index < -0.39 is 0 Å². The van der Waals surface area contributed by atoms with Crippen LogP contribution in [0.4, 0.5) is 5.69 Å². The Bertz CT molecular complexity index is 480. The standard InChI is InChI=1S/C19H32N2O/c1-6-21(7-2)12-8-9-15(3)20-17-11-10-16-14-19(4,5)22-18(16)13-17/h10-11,13,15,20H,6-9,12,14H2,1-5H3/t15-/m0/s1. The van der Waals surface area contributed by atoms with Gasteiger partial charge in [0.25, 0.3) is 0 Å². The number of anilines is 1. The van der Waals surface area contributed by atoms with Crippen LogP contribution in [0.2, 0.25) is 0 Å². The van der Waals surface area contributed by atoms with E-state index in [-0.39, 0.29) is 5.60 Å². The zero-order valence-electron chi connectivity index (χ0n) is 14.9. The molecule has 0 aliphatic carbocycles. The molecule has 1 aromatic rings. The highest BCUT2D eigenvalue weighted by Gasteiger charge is 2.29. The van der Waals surface area contributed by atoms with Crippen molar-refractivity contribution in [3.8, 4) is 5.75 Å². The second kappa shape index (κ2) is 7.36. The fourth-order valence-electron chi connectivity index (χ4n) is 3.20. The highest BCUT2D eigenvalue weighted by Crippen LogP contribution is 2.36. The minimum absolute atomic E-state index is 0.0592. The summed E-state index contributed by atoms with van der Waals surface area (Å²) in [6, 6.07) is 7.04. The lowest BCUT2D eigenvalue weighted by Gasteiger charge is -2.20. The van der Waals surface area contributed by atoms with E-state index in [4.69, 9.17) is 4.74 Å². The first-order valence-corrected chi connectivity index (χ1v) is 8.74. The van der Waals surface area contributed by atoms with Crippen molar-refractivity contribution in [2.75, 3.05) is 25.0 Å². The summed E-state index contributed by atoms with van der Waals surface area (Å²) in [7, 11) is 0. The molecule has 0 fully saturated rings. The summed E-state index contributed by atoms with van der Waals surface area (Å²) in [5, 5.41) is 3.61. The van der Waals surface area contributed by atoms with Gasteiger partial charge in [-0.25, -0.2) is 0 Å².